The number of allylic oxidation sites excluding steroid dienone is 2. The molecule has 0 unspecified atom stereocenters. The second-order valence-electron chi connectivity index (χ2n) is 9.40. The Hall–Kier alpha value is -2.47. The van der Waals surface area contributed by atoms with E-state index in [2.05, 4.69) is 71.3 Å². The van der Waals surface area contributed by atoms with E-state index in [0.717, 1.165) is 16.0 Å². The molecule has 0 N–H and O–H groups in total. The first-order valence-electron chi connectivity index (χ1n) is 11.0. The zero-order valence-corrected chi connectivity index (χ0v) is 20.7. The fraction of sp³-hybridized carbons (Fsp3) is 0.333. The van der Waals surface area contributed by atoms with Crippen LogP contribution in [0.2, 0.25) is 0 Å². The van der Waals surface area contributed by atoms with Crippen molar-refractivity contribution in [2.45, 2.75) is 45.4 Å². The van der Waals surface area contributed by atoms with Crippen LogP contribution in [0.5, 0.6) is 0 Å². The van der Waals surface area contributed by atoms with E-state index in [0.29, 0.717) is 0 Å². The molecule has 5 heteroatoms. The Morgan fingerprint density at radius 1 is 0.906 bits per heavy atom. The van der Waals surface area contributed by atoms with Crippen LogP contribution in [0.15, 0.2) is 71.3 Å². The maximum atomic E-state index is 10.4. The molecule has 0 bridgehead atoms. The van der Waals surface area contributed by atoms with Crippen LogP contribution in [0.25, 0.3) is 16.3 Å². The number of quaternary nitrogens is 1. The summed E-state index contributed by atoms with van der Waals surface area (Å²) in [4.78, 5) is -0.178. The maximum Gasteiger partial charge on any atom is 0.145 e. The Balaban J connectivity index is 0.000000222. The molecule has 4 nitrogen and oxygen atoms in total. The summed E-state index contributed by atoms with van der Waals surface area (Å²) in [5.41, 5.74) is 6.95. The van der Waals surface area contributed by atoms with Crippen molar-refractivity contribution in [3.63, 3.8) is 0 Å². The van der Waals surface area contributed by atoms with Crippen LogP contribution in [0.4, 0.5) is 5.69 Å². The predicted molar refractivity (Wildman–Crippen MR) is 133 cm³/mol. The van der Waals surface area contributed by atoms with Gasteiger partial charge in [-0.05, 0) is 54.7 Å². The number of fused-ring (bicyclic) bond motifs is 3. The molecule has 1 aliphatic rings. The van der Waals surface area contributed by atoms with Crippen molar-refractivity contribution in [3.8, 4) is 0 Å². The highest BCUT2D eigenvalue weighted by Gasteiger charge is 2.37. The summed E-state index contributed by atoms with van der Waals surface area (Å²) < 4.78 is 32.1. The first-order valence-corrected chi connectivity index (χ1v) is 12.4. The van der Waals surface area contributed by atoms with Gasteiger partial charge in [0, 0.05) is 18.6 Å². The molecule has 3 aromatic carbocycles. The van der Waals surface area contributed by atoms with Gasteiger partial charge in [-0.1, -0.05) is 55.8 Å². The second kappa shape index (κ2) is 9.18. The largest absolute Gasteiger partial charge is 0.744 e. The molecule has 0 aliphatic carbocycles. The molecule has 0 fully saturated rings. The lowest BCUT2D eigenvalue weighted by Crippen LogP contribution is -2.36. The van der Waals surface area contributed by atoms with Crippen LogP contribution in [0.1, 0.15) is 44.7 Å². The lowest BCUT2D eigenvalue weighted by molar-refractivity contribution is 0.463. The van der Waals surface area contributed by atoms with E-state index < -0.39 is 10.1 Å². The summed E-state index contributed by atoms with van der Waals surface area (Å²) >= 11 is 0. The first-order chi connectivity index (χ1) is 14.9. The second-order valence-corrected chi connectivity index (χ2v) is 10.8. The van der Waals surface area contributed by atoms with Crippen LogP contribution >= 0.6 is 0 Å². The fourth-order valence-electron chi connectivity index (χ4n) is 4.19. The third-order valence-electron chi connectivity index (χ3n) is 6.37. The average molecular weight is 452 g/mol. The van der Waals surface area contributed by atoms with E-state index >= 15 is 0 Å². The van der Waals surface area contributed by atoms with E-state index in [1.54, 1.807) is 17.7 Å². The van der Waals surface area contributed by atoms with Gasteiger partial charge in [0.1, 0.15) is 21.5 Å². The maximum absolute atomic E-state index is 10.4. The van der Waals surface area contributed by atoms with Gasteiger partial charge in [-0.3, -0.25) is 4.48 Å². The number of hydrogen-bond acceptors (Lipinski definition) is 3. The highest BCUT2D eigenvalue weighted by atomic mass is 32.2. The Morgan fingerprint density at radius 3 is 2.12 bits per heavy atom. The molecular weight excluding hydrogens is 418 g/mol. The summed E-state index contributed by atoms with van der Waals surface area (Å²) in [5.74, 6) is 0.750. The Morgan fingerprint density at radius 2 is 1.53 bits per heavy atom. The number of benzene rings is 3. The molecule has 32 heavy (non-hydrogen) atoms. The third-order valence-corrected chi connectivity index (χ3v) is 7.22. The van der Waals surface area contributed by atoms with Crippen LogP contribution in [-0.2, 0) is 10.1 Å². The Labute approximate surface area is 192 Å². The van der Waals surface area contributed by atoms with Gasteiger partial charge in [-0.15, -0.1) is 0 Å². The topological polar surface area (TPSA) is 57.2 Å². The van der Waals surface area contributed by atoms with Gasteiger partial charge >= 0.3 is 0 Å². The van der Waals surface area contributed by atoms with Crippen molar-refractivity contribution < 1.29 is 13.0 Å². The van der Waals surface area contributed by atoms with Gasteiger partial charge in [0.2, 0.25) is 0 Å². The van der Waals surface area contributed by atoms with E-state index in [9.17, 15) is 13.0 Å². The van der Waals surface area contributed by atoms with Gasteiger partial charge in [0.05, 0.1) is 24.6 Å². The lowest BCUT2D eigenvalue weighted by atomic mass is 9.93. The molecule has 0 saturated heterocycles. The number of hydrogen-bond donors (Lipinski definition) is 0. The minimum absolute atomic E-state index is 0.178. The van der Waals surface area contributed by atoms with Crippen molar-refractivity contribution in [2.24, 2.45) is 5.92 Å². The van der Waals surface area contributed by atoms with Gasteiger partial charge in [0.15, 0.2) is 0 Å². The molecule has 0 radical (unpaired) electrons. The molecule has 4 rings (SSSR count). The highest BCUT2D eigenvalue weighted by molar-refractivity contribution is 7.85. The van der Waals surface area contributed by atoms with Crippen LogP contribution in [-0.4, -0.2) is 27.1 Å². The Bertz CT molecular complexity index is 1250. The van der Waals surface area contributed by atoms with E-state index in [-0.39, 0.29) is 4.90 Å². The summed E-state index contributed by atoms with van der Waals surface area (Å²) in [7, 11) is 0.352. The summed E-state index contributed by atoms with van der Waals surface area (Å²) in [6, 6.07) is 19.2. The van der Waals surface area contributed by atoms with Crippen LogP contribution in [0, 0.1) is 12.8 Å². The zero-order chi connectivity index (χ0) is 23.7. The van der Waals surface area contributed by atoms with Crippen LogP contribution in [0.3, 0.4) is 0 Å². The zero-order valence-electron chi connectivity index (χ0n) is 19.8. The summed E-state index contributed by atoms with van der Waals surface area (Å²) in [6.45, 7) is 8.76. The minimum atomic E-state index is -4.27. The SMILES string of the molecule is CC1=C(CCC(C)C)c2c(ccc3ccccc23)[N+]1(C)C.Cc1ccc(S(=O)(=O)[O-])cc1. The Kier molecular flexibility index (Phi) is 6.94. The monoisotopic (exact) mass is 451 g/mol. The van der Waals surface area contributed by atoms with Crippen LogP contribution < -0.4 is 4.48 Å². The molecule has 0 spiro atoms. The normalized spacial score (nSPS) is 15.0. The highest BCUT2D eigenvalue weighted by Crippen LogP contribution is 2.48. The quantitative estimate of drug-likeness (QED) is 0.337. The first kappa shape index (κ1) is 24.2. The molecular formula is C27H33NO3S. The van der Waals surface area contributed by atoms with Gasteiger partial charge in [0.25, 0.3) is 0 Å². The van der Waals surface area contributed by atoms with Crippen molar-refractivity contribution in [3.05, 3.63) is 77.5 Å². The van der Waals surface area contributed by atoms with Gasteiger partial charge in [-0.25, -0.2) is 8.42 Å². The minimum Gasteiger partial charge on any atom is -0.744 e. The number of nitrogens with zero attached hydrogens (tertiary/aromatic N) is 1. The van der Waals surface area contributed by atoms with E-state index in [4.69, 9.17) is 0 Å². The number of rotatable bonds is 4. The summed E-state index contributed by atoms with van der Waals surface area (Å²) in [6.07, 6.45) is 2.45. The molecule has 170 valence electrons. The fourth-order valence-corrected chi connectivity index (χ4v) is 4.66. The van der Waals surface area contributed by atoms with E-state index in [1.165, 1.54) is 52.7 Å². The molecule has 1 aliphatic heterocycles. The van der Waals surface area contributed by atoms with Gasteiger partial charge in [-0.2, -0.15) is 0 Å². The molecule has 3 aromatic rings. The molecule has 0 saturated carbocycles. The van der Waals surface area contributed by atoms with Gasteiger partial charge < -0.3 is 4.55 Å². The average Bonchev–Trinajstić information content (AvgIpc) is 2.92. The smallest absolute Gasteiger partial charge is 0.145 e. The number of aryl methyl sites for hydroxylation is 1. The van der Waals surface area contributed by atoms with E-state index in [1.807, 2.05) is 6.92 Å². The molecule has 1 heterocycles. The van der Waals surface area contributed by atoms with Crippen molar-refractivity contribution in [1.29, 1.82) is 0 Å². The van der Waals surface area contributed by atoms with Crippen molar-refractivity contribution in [1.82, 2.24) is 4.48 Å². The standard InChI is InChI=1S/C20H26N.C7H8O3S/c1-14(2)10-12-17-15(3)21(4,5)19-13-11-16-8-6-7-9-18(16)20(17)19;1-6-2-4-7(5-3-6)11(8,9)10/h6-9,11,13-14H,10,12H2,1-5H3;2-5H,1H3,(H,8,9,10)/q+1;/p-1. The molecule has 0 amide bonds. The molecule has 0 atom stereocenters. The third kappa shape index (κ3) is 4.96. The lowest BCUT2D eigenvalue weighted by Gasteiger charge is -2.26. The molecule has 0 aromatic heterocycles. The predicted octanol–water partition coefficient (Wildman–Crippen LogP) is 6.49. The summed E-state index contributed by atoms with van der Waals surface area (Å²) in [5, 5.41) is 2.77. The van der Waals surface area contributed by atoms with Crippen molar-refractivity contribution in [2.75, 3.05) is 14.1 Å². The van der Waals surface area contributed by atoms with Crippen molar-refractivity contribution >= 4 is 32.2 Å².